The maximum atomic E-state index is 9.82. The van der Waals surface area contributed by atoms with Crippen LogP contribution in [0.2, 0.25) is 0 Å². The van der Waals surface area contributed by atoms with Gasteiger partial charge in [-0.05, 0) is 103 Å². The second-order valence-electron chi connectivity index (χ2n) is 12.6. The first-order chi connectivity index (χ1) is 22.4. The summed E-state index contributed by atoms with van der Waals surface area (Å²) in [5.41, 5.74) is 10.7. The highest BCUT2D eigenvalue weighted by Gasteiger charge is 2.22. The number of hydrogen-bond acceptors (Lipinski definition) is 12. The van der Waals surface area contributed by atoms with Gasteiger partial charge in [0.2, 0.25) is 0 Å². The molecule has 0 radical (unpaired) electrons. The van der Waals surface area contributed by atoms with Gasteiger partial charge >= 0.3 is 0 Å². The third kappa shape index (κ3) is 41.7. The van der Waals surface area contributed by atoms with Crippen LogP contribution in [0, 0.1) is 11.8 Å². The molecule has 6 atom stereocenters. The second kappa shape index (κ2) is 39.3. The zero-order valence-corrected chi connectivity index (χ0v) is 29.9. The van der Waals surface area contributed by atoms with Crippen LogP contribution >= 0.6 is 0 Å². The van der Waals surface area contributed by atoms with Gasteiger partial charge in [-0.15, -0.1) is 0 Å². The molecule has 2 heterocycles. The van der Waals surface area contributed by atoms with Gasteiger partial charge in [0.15, 0.2) is 0 Å². The molecular weight excluding hydrogens is 616 g/mol. The van der Waals surface area contributed by atoms with Crippen molar-refractivity contribution >= 4 is 0 Å². The lowest BCUT2D eigenvalue weighted by atomic mass is 10.1. The zero-order chi connectivity index (χ0) is 34.1. The quantitative estimate of drug-likeness (QED) is 0.0460. The molecule has 6 unspecified atom stereocenters. The highest BCUT2D eigenvalue weighted by molar-refractivity contribution is 4.68. The molecule has 0 bridgehead atoms. The summed E-state index contributed by atoms with van der Waals surface area (Å²) in [6, 6.07) is 0. The average Bonchev–Trinajstić information content (AvgIpc) is 3.99. The van der Waals surface area contributed by atoms with Crippen LogP contribution in [0.1, 0.15) is 93.4 Å². The van der Waals surface area contributed by atoms with Crippen LogP contribution in [-0.2, 0) is 28.4 Å². The van der Waals surface area contributed by atoms with Crippen LogP contribution in [0.25, 0.3) is 0 Å². The summed E-state index contributed by atoms with van der Waals surface area (Å²) < 4.78 is 31.7. The number of aliphatic hydroxyl groups excluding tert-OH is 2. The van der Waals surface area contributed by atoms with Crippen molar-refractivity contribution < 1.29 is 38.6 Å². The molecule has 0 aliphatic carbocycles. The molecule has 0 aromatic rings. The summed E-state index contributed by atoms with van der Waals surface area (Å²) in [5, 5.41) is 25.6. The van der Waals surface area contributed by atoms with E-state index in [1.165, 1.54) is 12.8 Å². The third-order valence-corrected chi connectivity index (χ3v) is 7.45. The van der Waals surface area contributed by atoms with Crippen molar-refractivity contribution in [1.82, 2.24) is 10.6 Å². The minimum absolute atomic E-state index is 0. The van der Waals surface area contributed by atoms with Gasteiger partial charge in [0.25, 0.3) is 0 Å². The smallest absolute Gasteiger partial charge is 0.104 e. The number of unbranched alkanes of at least 4 members (excludes halogenated alkanes) is 2. The van der Waals surface area contributed by atoms with E-state index in [1.54, 1.807) is 0 Å². The molecule has 2 saturated heterocycles. The van der Waals surface area contributed by atoms with E-state index < -0.39 is 6.10 Å². The molecule has 2 aliphatic heterocycles. The lowest BCUT2D eigenvalue weighted by molar-refractivity contribution is 0.0207. The van der Waals surface area contributed by atoms with E-state index in [-0.39, 0.29) is 21.0 Å². The average molecular weight is 699 g/mol. The van der Waals surface area contributed by atoms with E-state index in [4.69, 9.17) is 39.9 Å². The molecule has 0 aromatic heterocycles. The molecule has 2 rings (SSSR count). The fourth-order valence-electron chi connectivity index (χ4n) is 4.07. The normalized spacial score (nSPS) is 18.5. The van der Waals surface area contributed by atoms with Crippen molar-refractivity contribution in [1.29, 1.82) is 0 Å². The first kappa shape index (κ1) is 51.9. The number of hydrogen-bond donors (Lipinski definition) is 6. The predicted octanol–water partition coefficient (Wildman–Crippen LogP) is 3.35. The fourth-order valence-corrected chi connectivity index (χ4v) is 4.07. The molecule has 0 spiro atoms. The van der Waals surface area contributed by atoms with Crippen molar-refractivity contribution in [2.75, 3.05) is 106 Å². The summed E-state index contributed by atoms with van der Waals surface area (Å²) in [7, 11) is 1.98. The first-order valence-corrected chi connectivity index (χ1v) is 18.0. The molecule has 0 aromatic carbocycles. The van der Waals surface area contributed by atoms with Gasteiger partial charge in [-0.3, -0.25) is 0 Å². The first-order valence-electron chi connectivity index (χ1n) is 18.0. The van der Waals surface area contributed by atoms with Crippen molar-refractivity contribution in [3.63, 3.8) is 0 Å². The van der Waals surface area contributed by atoms with Crippen LogP contribution in [0.5, 0.6) is 0 Å². The van der Waals surface area contributed by atoms with Gasteiger partial charge in [0.05, 0.1) is 51.8 Å². The molecule has 48 heavy (non-hydrogen) atoms. The summed E-state index contributed by atoms with van der Waals surface area (Å²) >= 11 is 0. The van der Waals surface area contributed by atoms with Crippen LogP contribution in [-0.4, -0.2) is 140 Å². The van der Waals surface area contributed by atoms with Crippen molar-refractivity contribution in [2.24, 2.45) is 23.3 Å². The van der Waals surface area contributed by atoms with Crippen molar-refractivity contribution in [3.8, 4) is 0 Å². The van der Waals surface area contributed by atoms with Crippen molar-refractivity contribution in [3.05, 3.63) is 0 Å². The maximum absolute atomic E-state index is 9.82. The topological polar surface area (TPSA) is 179 Å². The van der Waals surface area contributed by atoms with Gasteiger partial charge in [-0.25, -0.2) is 0 Å². The summed E-state index contributed by atoms with van der Waals surface area (Å²) in [4.78, 5) is 0. The Morgan fingerprint density at radius 3 is 1.62 bits per heavy atom. The maximum Gasteiger partial charge on any atom is 0.104 e. The van der Waals surface area contributed by atoms with E-state index in [1.807, 2.05) is 14.0 Å². The van der Waals surface area contributed by atoms with E-state index in [9.17, 15) is 10.2 Å². The van der Waals surface area contributed by atoms with Gasteiger partial charge < -0.3 is 60.7 Å². The Kier molecular flexibility index (Phi) is 42.5. The number of nitrogens with one attached hydrogen (secondary N) is 2. The molecule has 2 aliphatic rings. The Morgan fingerprint density at radius 2 is 1.19 bits per heavy atom. The second-order valence-corrected chi connectivity index (χ2v) is 12.6. The fraction of sp³-hybridized carbons (Fsp3) is 1.00. The van der Waals surface area contributed by atoms with Crippen LogP contribution in [0.15, 0.2) is 0 Å². The molecule has 0 saturated carbocycles. The van der Waals surface area contributed by atoms with E-state index in [0.717, 1.165) is 111 Å². The molecule has 8 N–H and O–H groups in total. The van der Waals surface area contributed by atoms with E-state index in [0.29, 0.717) is 57.0 Å². The van der Waals surface area contributed by atoms with E-state index >= 15 is 0 Å². The number of aliphatic hydroxyl groups is 2. The van der Waals surface area contributed by atoms with Crippen LogP contribution in [0.3, 0.4) is 0 Å². The number of ether oxygens (including phenoxy) is 6. The minimum Gasteiger partial charge on any atom is -0.391 e. The Balaban J connectivity index is -0.000000709. The molecule has 294 valence electrons. The number of epoxide rings is 2. The van der Waals surface area contributed by atoms with Crippen LogP contribution < -0.4 is 22.1 Å². The number of rotatable bonds is 31. The SMILES string of the molecule is C.C.C(CCOCC1CO1)COCC1CO1.CC(CN)CCCN.CCC(O)COCCCCOCC(O)CNCCCC(C)CNC. The van der Waals surface area contributed by atoms with Gasteiger partial charge in [0.1, 0.15) is 12.2 Å². The van der Waals surface area contributed by atoms with Gasteiger partial charge in [-0.2, -0.15) is 0 Å². The Morgan fingerprint density at radius 1 is 0.708 bits per heavy atom. The van der Waals surface area contributed by atoms with Gasteiger partial charge in [-0.1, -0.05) is 35.6 Å². The summed E-state index contributed by atoms with van der Waals surface area (Å²) in [6.07, 6.45) is 9.26. The molecule has 12 heteroatoms. The molecule has 2 fully saturated rings. The highest BCUT2D eigenvalue weighted by atomic mass is 16.6. The summed E-state index contributed by atoms with van der Waals surface area (Å²) in [5.74, 6) is 1.35. The number of nitrogens with two attached hydrogens (primary N) is 2. The zero-order valence-electron chi connectivity index (χ0n) is 29.9. The third-order valence-electron chi connectivity index (χ3n) is 7.45. The Labute approximate surface area is 296 Å². The monoisotopic (exact) mass is 699 g/mol. The summed E-state index contributed by atoms with van der Waals surface area (Å²) in [6.45, 7) is 17.5. The van der Waals surface area contributed by atoms with Crippen molar-refractivity contribution in [2.45, 2.75) is 118 Å². The van der Waals surface area contributed by atoms with Gasteiger partial charge in [0, 0.05) is 33.0 Å². The minimum atomic E-state index is -0.448. The largest absolute Gasteiger partial charge is 0.391 e. The molecular formula is C36H82N4O8. The molecule has 0 amide bonds. The van der Waals surface area contributed by atoms with Crippen LogP contribution in [0.4, 0.5) is 0 Å². The molecule has 12 nitrogen and oxygen atoms in total. The highest BCUT2D eigenvalue weighted by Crippen LogP contribution is 2.10. The standard InChI is InChI=1S/C18H40N2O4.C10H18O4.C6H16N2.2CH4/c1-4-17(21)14-23-10-5-6-11-24-15-18(22)13-20-9-7-8-16(2)12-19-3;1(3-11-5-9-7-13-9)2-4-12-6-10-8-14-10;1-6(5-8)3-2-4-7;;/h16-22H,4-15H2,1-3H3;9-10H,1-8H2;6H,2-5,7-8H2,1H3;2*1H4. The Hall–Kier alpha value is -0.480. The lowest BCUT2D eigenvalue weighted by Gasteiger charge is -2.14. The van der Waals surface area contributed by atoms with E-state index in [2.05, 4.69) is 24.5 Å². The Bertz CT molecular complexity index is 588. The lowest BCUT2D eigenvalue weighted by Crippen LogP contribution is -2.31. The predicted molar refractivity (Wildman–Crippen MR) is 199 cm³/mol.